The van der Waals surface area contributed by atoms with Gasteiger partial charge in [0, 0.05) is 6.04 Å². The van der Waals surface area contributed by atoms with Gasteiger partial charge in [0.05, 0.1) is 17.2 Å². The van der Waals surface area contributed by atoms with E-state index in [0.29, 0.717) is 35.4 Å². The van der Waals surface area contributed by atoms with E-state index >= 15 is 0 Å². The standard InChI is InChI=1S/C25H26N6O4S/c1-3-34-19-8-5-4-7-18(19)31(22(32)15-30-28-24(27-29-30)21-9-6-14-36-21)23(20-13-10-16(2)35-20)25(33)26-17-11-12-17/h4-10,13-14,17,23H,3,11-12,15H2,1-2H3,(H,26,33). The molecular weight excluding hydrogens is 480 g/mol. The fourth-order valence-corrected chi connectivity index (χ4v) is 4.49. The van der Waals surface area contributed by atoms with Gasteiger partial charge in [-0.25, -0.2) is 0 Å². The number of nitrogens with zero attached hydrogens (tertiary/aromatic N) is 5. The van der Waals surface area contributed by atoms with Crippen LogP contribution in [0.25, 0.3) is 10.7 Å². The van der Waals surface area contributed by atoms with Crippen molar-refractivity contribution in [3.63, 3.8) is 0 Å². The maximum Gasteiger partial charge on any atom is 0.251 e. The second-order valence-corrected chi connectivity index (χ2v) is 9.37. The Balaban J connectivity index is 1.54. The number of ether oxygens (including phenoxy) is 1. The number of para-hydroxylation sites is 2. The molecule has 1 aliphatic rings. The zero-order valence-electron chi connectivity index (χ0n) is 20.0. The molecule has 0 bridgehead atoms. The number of amides is 2. The Kier molecular flexibility index (Phi) is 6.81. The van der Waals surface area contributed by atoms with Crippen LogP contribution in [0.15, 0.2) is 58.3 Å². The highest BCUT2D eigenvalue weighted by Gasteiger charge is 2.39. The Morgan fingerprint density at radius 3 is 2.75 bits per heavy atom. The van der Waals surface area contributed by atoms with Gasteiger partial charge in [-0.3, -0.25) is 14.5 Å². The first kappa shape index (κ1) is 23.7. The molecule has 0 aliphatic heterocycles. The summed E-state index contributed by atoms with van der Waals surface area (Å²) in [4.78, 5) is 31.0. The molecule has 1 fully saturated rings. The van der Waals surface area contributed by atoms with Crippen molar-refractivity contribution in [2.75, 3.05) is 11.5 Å². The van der Waals surface area contributed by atoms with Gasteiger partial charge in [0.2, 0.25) is 5.82 Å². The van der Waals surface area contributed by atoms with E-state index in [4.69, 9.17) is 9.15 Å². The van der Waals surface area contributed by atoms with Crippen LogP contribution in [0.4, 0.5) is 5.69 Å². The van der Waals surface area contributed by atoms with Gasteiger partial charge < -0.3 is 14.5 Å². The summed E-state index contributed by atoms with van der Waals surface area (Å²) in [5, 5.41) is 17.5. The van der Waals surface area contributed by atoms with Gasteiger partial charge in [-0.2, -0.15) is 4.80 Å². The molecule has 0 saturated heterocycles. The van der Waals surface area contributed by atoms with E-state index < -0.39 is 11.9 Å². The summed E-state index contributed by atoms with van der Waals surface area (Å²) in [6, 6.07) is 13.5. The number of thiophene rings is 1. The predicted molar refractivity (Wildman–Crippen MR) is 134 cm³/mol. The van der Waals surface area contributed by atoms with Gasteiger partial charge in [-0.15, -0.1) is 21.5 Å². The van der Waals surface area contributed by atoms with Crippen molar-refractivity contribution >= 4 is 28.8 Å². The number of furan rings is 1. The van der Waals surface area contributed by atoms with Gasteiger partial charge in [0.25, 0.3) is 11.8 Å². The highest BCUT2D eigenvalue weighted by atomic mass is 32.1. The Morgan fingerprint density at radius 2 is 2.06 bits per heavy atom. The van der Waals surface area contributed by atoms with Gasteiger partial charge in [0.1, 0.15) is 23.8 Å². The molecule has 3 heterocycles. The molecule has 11 heteroatoms. The number of rotatable bonds is 10. The average molecular weight is 507 g/mol. The van der Waals surface area contributed by atoms with Crippen molar-refractivity contribution in [2.24, 2.45) is 0 Å². The summed E-state index contributed by atoms with van der Waals surface area (Å²) < 4.78 is 11.7. The second kappa shape index (κ2) is 10.3. The van der Waals surface area contributed by atoms with E-state index in [0.717, 1.165) is 17.7 Å². The number of anilines is 1. The number of hydrogen-bond acceptors (Lipinski definition) is 8. The van der Waals surface area contributed by atoms with Crippen LogP contribution >= 0.6 is 11.3 Å². The fourth-order valence-electron chi connectivity index (χ4n) is 3.84. The van der Waals surface area contributed by atoms with Crippen molar-refractivity contribution in [1.82, 2.24) is 25.5 Å². The molecule has 5 rings (SSSR count). The number of carbonyl (C=O) groups excluding carboxylic acids is 2. The lowest BCUT2D eigenvalue weighted by Gasteiger charge is -2.31. The minimum absolute atomic E-state index is 0.0977. The monoisotopic (exact) mass is 506 g/mol. The van der Waals surface area contributed by atoms with Crippen LogP contribution in [0.3, 0.4) is 0 Å². The number of benzene rings is 1. The Bertz CT molecular complexity index is 1340. The molecule has 186 valence electrons. The molecule has 1 N–H and O–H groups in total. The van der Waals surface area contributed by atoms with Crippen molar-refractivity contribution in [1.29, 1.82) is 0 Å². The first-order valence-electron chi connectivity index (χ1n) is 11.8. The SMILES string of the molecule is CCOc1ccccc1N(C(=O)Cn1nnc(-c2cccs2)n1)C(C(=O)NC1CC1)c1ccc(C)o1. The molecule has 1 aliphatic carbocycles. The highest BCUT2D eigenvalue weighted by Crippen LogP contribution is 2.36. The minimum atomic E-state index is -1.05. The first-order chi connectivity index (χ1) is 17.5. The topological polar surface area (TPSA) is 115 Å². The summed E-state index contributed by atoms with van der Waals surface area (Å²) in [5.41, 5.74) is 0.452. The largest absolute Gasteiger partial charge is 0.492 e. The van der Waals surface area contributed by atoms with E-state index in [1.165, 1.54) is 21.0 Å². The third kappa shape index (κ3) is 5.15. The van der Waals surface area contributed by atoms with Crippen LogP contribution in [0, 0.1) is 6.92 Å². The van der Waals surface area contributed by atoms with E-state index in [9.17, 15) is 9.59 Å². The summed E-state index contributed by atoms with van der Waals surface area (Å²) in [5.74, 6) is 1.17. The number of tetrazole rings is 1. The van der Waals surface area contributed by atoms with Crippen molar-refractivity contribution in [3.05, 3.63) is 65.4 Å². The molecule has 10 nitrogen and oxygen atoms in total. The van der Waals surface area contributed by atoms with Gasteiger partial charge in [0.15, 0.2) is 6.04 Å². The predicted octanol–water partition coefficient (Wildman–Crippen LogP) is 3.75. The maximum absolute atomic E-state index is 13.9. The number of aryl methyl sites for hydroxylation is 1. The maximum atomic E-state index is 13.9. The third-order valence-electron chi connectivity index (χ3n) is 5.63. The second-order valence-electron chi connectivity index (χ2n) is 8.42. The van der Waals surface area contributed by atoms with Crippen LogP contribution in [0.5, 0.6) is 5.75 Å². The highest BCUT2D eigenvalue weighted by molar-refractivity contribution is 7.13. The summed E-state index contributed by atoms with van der Waals surface area (Å²) in [6.45, 7) is 3.82. The van der Waals surface area contributed by atoms with Crippen LogP contribution < -0.4 is 15.0 Å². The summed E-state index contributed by atoms with van der Waals surface area (Å²) in [7, 11) is 0. The lowest BCUT2D eigenvalue weighted by atomic mass is 10.1. The molecule has 1 aromatic carbocycles. The number of nitrogens with one attached hydrogen (secondary N) is 1. The lowest BCUT2D eigenvalue weighted by Crippen LogP contribution is -2.46. The fraction of sp³-hybridized carbons (Fsp3) is 0.320. The first-order valence-corrected chi connectivity index (χ1v) is 12.6. The molecule has 2 amide bonds. The van der Waals surface area contributed by atoms with Crippen LogP contribution in [-0.4, -0.2) is 44.7 Å². The van der Waals surface area contributed by atoms with E-state index in [1.54, 1.807) is 37.3 Å². The molecule has 4 aromatic rings. The van der Waals surface area contributed by atoms with Crippen LogP contribution in [0.1, 0.15) is 37.3 Å². The number of hydrogen-bond donors (Lipinski definition) is 1. The number of aromatic nitrogens is 4. The zero-order chi connectivity index (χ0) is 25.1. The lowest BCUT2D eigenvalue weighted by molar-refractivity contribution is -0.127. The van der Waals surface area contributed by atoms with Crippen molar-refractivity contribution < 1.29 is 18.7 Å². The molecule has 0 radical (unpaired) electrons. The van der Waals surface area contributed by atoms with E-state index in [1.807, 2.05) is 30.5 Å². The van der Waals surface area contributed by atoms with E-state index in [2.05, 4.69) is 20.7 Å². The molecule has 3 aromatic heterocycles. The van der Waals surface area contributed by atoms with Crippen molar-refractivity contribution in [3.8, 4) is 16.5 Å². The van der Waals surface area contributed by atoms with E-state index in [-0.39, 0.29) is 18.5 Å². The smallest absolute Gasteiger partial charge is 0.251 e. The quantitative estimate of drug-likeness (QED) is 0.348. The normalized spacial score (nSPS) is 13.8. The Labute approximate surface area is 211 Å². The molecule has 1 unspecified atom stereocenters. The average Bonchev–Trinajstić information content (AvgIpc) is 3.24. The Hall–Kier alpha value is -3.99. The van der Waals surface area contributed by atoms with Crippen molar-refractivity contribution in [2.45, 2.75) is 45.3 Å². The molecule has 0 spiro atoms. The van der Waals surface area contributed by atoms with Crippen LogP contribution in [-0.2, 0) is 16.1 Å². The molecule has 36 heavy (non-hydrogen) atoms. The minimum Gasteiger partial charge on any atom is -0.492 e. The van der Waals surface area contributed by atoms with Gasteiger partial charge in [-0.1, -0.05) is 18.2 Å². The van der Waals surface area contributed by atoms with Crippen LogP contribution in [0.2, 0.25) is 0 Å². The summed E-state index contributed by atoms with van der Waals surface area (Å²) in [6.07, 6.45) is 1.82. The molecule has 1 atom stereocenters. The Morgan fingerprint density at radius 1 is 1.22 bits per heavy atom. The summed E-state index contributed by atoms with van der Waals surface area (Å²) >= 11 is 1.48. The van der Waals surface area contributed by atoms with Gasteiger partial charge >= 0.3 is 0 Å². The molecular formula is C25H26N6O4S. The number of carbonyl (C=O) groups is 2. The van der Waals surface area contributed by atoms with Gasteiger partial charge in [-0.05, 0) is 67.6 Å². The molecule has 1 saturated carbocycles. The zero-order valence-corrected chi connectivity index (χ0v) is 20.8. The third-order valence-corrected chi connectivity index (χ3v) is 6.49.